The van der Waals surface area contributed by atoms with Gasteiger partial charge in [0.05, 0.1) is 11.2 Å². The van der Waals surface area contributed by atoms with Crippen LogP contribution in [0.1, 0.15) is 26.2 Å². The lowest BCUT2D eigenvalue weighted by molar-refractivity contribution is -0.141. The van der Waals surface area contributed by atoms with Crippen molar-refractivity contribution in [3.05, 3.63) is 12.2 Å². The van der Waals surface area contributed by atoms with Gasteiger partial charge in [-0.15, -0.1) is 0 Å². The molecule has 0 radical (unpaired) electrons. The fourth-order valence-corrected chi connectivity index (χ4v) is 4.26. The molecule has 0 aliphatic heterocycles. The normalized spacial score (nSPS) is 25.1. The number of carboxylic acid groups (broad SMARTS) is 1. The topological polar surface area (TPSA) is 74.7 Å². The van der Waals surface area contributed by atoms with Crippen molar-refractivity contribution in [3.63, 3.8) is 0 Å². The molecule has 98 valence electrons. The molecule has 0 heterocycles. The third-order valence-electron chi connectivity index (χ3n) is 3.08. The van der Waals surface area contributed by atoms with Crippen LogP contribution in [0.4, 0.5) is 0 Å². The molecule has 0 aromatic heterocycles. The van der Waals surface area contributed by atoms with Gasteiger partial charge in [-0.3, -0.25) is 4.79 Å². The Balaban J connectivity index is 2.89. The number of aliphatic carboxylic acids is 1. The van der Waals surface area contributed by atoms with E-state index in [0.717, 1.165) is 5.57 Å². The van der Waals surface area contributed by atoms with Gasteiger partial charge >= 0.3 is 5.97 Å². The maximum absolute atomic E-state index is 12.2. The number of carbonyl (C=O) groups is 1. The van der Waals surface area contributed by atoms with E-state index >= 15 is 0 Å². The first kappa shape index (κ1) is 14.2. The maximum Gasteiger partial charge on any atom is 0.307 e. The smallest absolute Gasteiger partial charge is 0.307 e. The highest BCUT2D eigenvalue weighted by molar-refractivity contribution is 7.89. The van der Waals surface area contributed by atoms with Crippen molar-refractivity contribution in [2.24, 2.45) is 5.92 Å². The molecular weight excluding hydrogens is 242 g/mol. The first-order valence-electron chi connectivity index (χ1n) is 5.59. The number of rotatable bonds is 5. The summed E-state index contributed by atoms with van der Waals surface area (Å²) in [5.41, 5.74) is 0.737. The fraction of sp³-hybridized carbons (Fsp3) is 0.727. The highest BCUT2D eigenvalue weighted by atomic mass is 32.2. The number of hydrogen-bond acceptors (Lipinski definition) is 3. The first-order chi connectivity index (χ1) is 7.76. The largest absolute Gasteiger partial charge is 0.481 e. The van der Waals surface area contributed by atoms with Gasteiger partial charge in [-0.2, -0.15) is 0 Å². The van der Waals surface area contributed by atoms with Crippen LogP contribution in [0, 0.1) is 5.92 Å². The van der Waals surface area contributed by atoms with E-state index in [-0.39, 0.29) is 6.54 Å². The van der Waals surface area contributed by atoms with Crippen LogP contribution < -0.4 is 0 Å². The second-order valence-electron chi connectivity index (χ2n) is 4.67. The maximum atomic E-state index is 12.2. The fourth-order valence-electron chi connectivity index (χ4n) is 2.27. The quantitative estimate of drug-likeness (QED) is 0.751. The van der Waals surface area contributed by atoms with E-state index in [1.54, 1.807) is 6.92 Å². The molecule has 0 saturated heterocycles. The van der Waals surface area contributed by atoms with Gasteiger partial charge in [0.25, 0.3) is 0 Å². The molecule has 1 aliphatic carbocycles. The van der Waals surface area contributed by atoms with Crippen LogP contribution in [0.15, 0.2) is 12.2 Å². The van der Waals surface area contributed by atoms with Crippen molar-refractivity contribution >= 4 is 16.0 Å². The van der Waals surface area contributed by atoms with Crippen molar-refractivity contribution in [1.82, 2.24) is 4.31 Å². The van der Waals surface area contributed by atoms with Gasteiger partial charge in [0.15, 0.2) is 0 Å². The summed E-state index contributed by atoms with van der Waals surface area (Å²) in [4.78, 5) is 11.0. The van der Waals surface area contributed by atoms with Crippen LogP contribution in [0.2, 0.25) is 0 Å². The predicted octanol–water partition coefficient (Wildman–Crippen LogP) is 1.08. The third-order valence-corrected chi connectivity index (χ3v) is 5.41. The average molecular weight is 261 g/mol. The van der Waals surface area contributed by atoms with Crippen LogP contribution in [-0.4, -0.2) is 42.6 Å². The van der Waals surface area contributed by atoms with Crippen LogP contribution in [0.5, 0.6) is 0 Å². The molecular formula is C11H19NO4S. The van der Waals surface area contributed by atoms with Gasteiger partial charge in [-0.05, 0) is 19.8 Å². The average Bonchev–Trinajstić information content (AvgIpc) is 2.64. The highest BCUT2D eigenvalue weighted by Crippen LogP contribution is 2.32. The molecule has 0 aromatic carbocycles. The van der Waals surface area contributed by atoms with Gasteiger partial charge in [0, 0.05) is 13.6 Å². The highest BCUT2D eigenvalue weighted by Gasteiger charge is 2.43. The molecule has 17 heavy (non-hydrogen) atoms. The molecule has 1 fully saturated rings. The molecule has 1 aliphatic rings. The van der Waals surface area contributed by atoms with Gasteiger partial charge in [-0.25, -0.2) is 12.7 Å². The molecule has 2 atom stereocenters. The Kier molecular flexibility index (Phi) is 4.32. The van der Waals surface area contributed by atoms with E-state index in [1.165, 1.54) is 11.4 Å². The minimum atomic E-state index is -3.54. The predicted molar refractivity (Wildman–Crippen MR) is 65.1 cm³/mol. The van der Waals surface area contributed by atoms with E-state index in [1.807, 2.05) is 0 Å². The summed E-state index contributed by atoms with van der Waals surface area (Å²) in [6.45, 7) is 5.65. The summed E-state index contributed by atoms with van der Waals surface area (Å²) in [7, 11) is -2.06. The molecule has 6 heteroatoms. The molecule has 0 amide bonds. The number of carboxylic acids is 1. The van der Waals surface area contributed by atoms with E-state index < -0.39 is 27.2 Å². The zero-order valence-electron chi connectivity index (χ0n) is 10.2. The Morgan fingerprint density at radius 1 is 1.47 bits per heavy atom. The summed E-state index contributed by atoms with van der Waals surface area (Å²) < 4.78 is 25.6. The molecule has 1 N–H and O–H groups in total. The number of likely N-dealkylation sites (N-methyl/N-ethyl adjacent to an activating group) is 1. The third kappa shape index (κ3) is 3.07. The van der Waals surface area contributed by atoms with Crippen molar-refractivity contribution in [2.45, 2.75) is 31.4 Å². The van der Waals surface area contributed by atoms with Crippen LogP contribution in [0.25, 0.3) is 0 Å². The summed E-state index contributed by atoms with van der Waals surface area (Å²) in [6, 6.07) is 0. The Morgan fingerprint density at radius 3 is 2.53 bits per heavy atom. The summed E-state index contributed by atoms with van der Waals surface area (Å²) in [5.74, 6) is -1.78. The molecule has 0 spiro atoms. The van der Waals surface area contributed by atoms with Gasteiger partial charge in [-0.1, -0.05) is 18.6 Å². The first-order valence-corrected chi connectivity index (χ1v) is 7.09. The Labute approximate surface area is 102 Å². The lowest BCUT2D eigenvalue weighted by Gasteiger charge is -2.24. The standard InChI is InChI=1S/C11H19NO4S/c1-8(2)7-12(3)17(15,16)10-6-4-5-9(10)11(13)14/h9-10H,1,4-7H2,2-3H3,(H,13,14). The molecule has 0 bridgehead atoms. The minimum Gasteiger partial charge on any atom is -0.481 e. The second-order valence-corrected chi connectivity index (χ2v) is 6.93. The lowest BCUT2D eigenvalue weighted by atomic mass is 10.1. The Morgan fingerprint density at radius 2 is 2.06 bits per heavy atom. The van der Waals surface area contributed by atoms with E-state index in [9.17, 15) is 13.2 Å². The van der Waals surface area contributed by atoms with Crippen molar-refractivity contribution in [3.8, 4) is 0 Å². The number of hydrogen-bond donors (Lipinski definition) is 1. The zero-order chi connectivity index (χ0) is 13.2. The molecule has 0 aromatic rings. The zero-order valence-corrected chi connectivity index (χ0v) is 11.0. The van der Waals surface area contributed by atoms with E-state index in [4.69, 9.17) is 5.11 Å². The van der Waals surface area contributed by atoms with Gasteiger partial charge in [0.1, 0.15) is 0 Å². The molecule has 1 saturated carbocycles. The van der Waals surface area contributed by atoms with Crippen molar-refractivity contribution in [2.75, 3.05) is 13.6 Å². The Hall–Kier alpha value is -0.880. The molecule has 2 unspecified atom stereocenters. The molecule has 5 nitrogen and oxygen atoms in total. The number of sulfonamides is 1. The Bertz CT molecular complexity index is 415. The van der Waals surface area contributed by atoms with Gasteiger partial charge < -0.3 is 5.11 Å². The van der Waals surface area contributed by atoms with Crippen LogP contribution in [0.3, 0.4) is 0 Å². The van der Waals surface area contributed by atoms with Gasteiger partial charge in [0.2, 0.25) is 10.0 Å². The summed E-state index contributed by atoms with van der Waals surface area (Å²) in [6.07, 6.45) is 1.53. The van der Waals surface area contributed by atoms with Crippen LogP contribution in [-0.2, 0) is 14.8 Å². The molecule has 1 rings (SSSR count). The van der Waals surface area contributed by atoms with Crippen molar-refractivity contribution < 1.29 is 18.3 Å². The van der Waals surface area contributed by atoms with Crippen LogP contribution >= 0.6 is 0 Å². The number of nitrogens with zero attached hydrogens (tertiary/aromatic N) is 1. The van der Waals surface area contributed by atoms with E-state index in [0.29, 0.717) is 19.3 Å². The summed E-state index contributed by atoms with van der Waals surface area (Å²) >= 11 is 0. The monoisotopic (exact) mass is 261 g/mol. The minimum absolute atomic E-state index is 0.241. The SMILES string of the molecule is C=C(C)CN(C)S(=O)(=O)C1CCCC1C(=O)O. The van der Waals surface area contributed by atoms with Crippen molar-refractivity contribution in [1.29, 1.82) is 0 Å². The van der Waals surface area contributed by atoms with E-state index in [2.05, 4.69) is 6.58 Å². The summed E-state index contributed by atoms with van der Waals surface area (Å²) in [5, 5.41) is 8.22. The lowest BCUT2D eigenvalue weighted by Crippen LogP contribution is -2.40. The second kappa shape index (κ2) is 5.18.